The third kappa shape index (κ3) is 5.45. The van der Waals surface area contributed by atoms with Crippen molar-refractivity contribution >= 4 is 18.0 Å². The molecule has 0 bridgehead atoms. The molecule has 0 N–H and O–H groups in total. The van der Waals surface area contributed by atoms with E-state index < -0.39 is 11.9 Å². The third-order valence-corrected chi connectivity index (χ3v) is 2.60. The molecule has 0 aliphatic carbocycles. The van der Waals surface area contributed by atoms with Gasteiger partial charge in [0.15, 0.2) is 11.5 Å². The molecule has 23 heavy (non-hydrogen) atoms. The van der Waals surface area contributed by atoms with Crippen LogP contribution in [0.3, 0.4) is 0 Å². The SMILES string of the molecule is CCOC(=O)/C(C#N)=C/c1ccc(OC(=O)COC)c(OC)c1. The number of ether oxygens (including phenoxy) is 4. The maximum atomic E-state index is 11.6. The number of rotatable bonds is 7. The van der Waals surface area contributed by atoms with E-state index in [9.17, 15) is 9.59 Å². The number of hydrogen-bond donors (Lipinski definition) is 0. The molecule has 0 saturated carbocycles. The van der Waals surface area contributed by atoms with Crippen LogP contribution in [-0.2, 0) is 19.1 Å². The Morgan fingerprint density at radius 1 is 1.26 bits per heavy atom. The van der Waals surface area contributed by atoms with E-state index in [0.29, 0.717) is 5.56 Å². The first-order valence-corrected chi connectivity index (χ1v) is 6.72. The van der Waals surface area contributed by atoms with Gasteiger partial charge in [0.1, 0.15) is 18.2 Å². The molecule has 7 heteroatoms. The molecule has 0 atom stereocenters. The van der Waals surface area contributed by atoms with Gasteiger partial charge in [-0.3, -0.25) is 0 Å². The molecule has 0 radical (unpaired) electrons. The average Bonchev–Trinajstić information content (AvgIpc) is 2.54. The van der Waals surface area contributed by atoms with Gasteiger partial charge in [-0.2, -0.15) is 5.26 Å². The van der Waals surface area contributed by atoms with Gasteiger partial charge >= 0.3 is 11.9 Å². The molecule has 0 amide bonds. The maximum absolute atomic E-state index is 11.6. The Morgan fingerprint density at radius 3 is 2.57 bits per heavy atom. The summed E-state index contributed by atoms with van der Waals surface area (Å²) in [6.45, 7) is 1.64. The van der Waals surface area contributed by atoms with Gasteiger partial charge < -0.3 is 18.9 Å². The lowest BCUT2D eigenvalue weighted by molar-refractivity contribution is -0.139. The predicted molar refractivity (Wildman–Crippen MR) is 80.7 cm³/mol. The fraction of sp³-hybridized carbons (Fsp3) is 0.312. The quantitative estimate of drug-likeness (QED) is 0.327. The van der Waals surface area contributed by atoms with E-state index in [-0.39, 0.29) is 30.3 Å². The Balaban J connectivity index is 3.05. The summed E-state index contributed by atoms with van der Waals surface area (Å²) in [4.78, 5) is 23.0. The minimum absolute atomic E-state index is 0.141. The molecule has 7 nitrogen and oxygen atoms in total. The summed E-state index contributed by atoms with van der Waals surface area (Å²) >= 11 is 0. The summed E-state index contributed by atoms with van der Waals surface area (Å²) in [5, 5.41) is 9.01. The molecule has 0 aliphatic heterocycles. The highest BCUT2D eigenvalue weighted by molar-refractivity contribution is 5.98. The summed E-state index contributed by atoms with van der Waals surface area (Å²) in [6, 6.07) is 6.39. The van der Waals surface area contributed by atoms with Crippen molar-refractivity contribution in [2.24, 2.45) is 0 Å². The van der Waals surface area contributed by atoms with Crippen molar-refractivity contribution in [1.82, 2.24) is 0 Å². The number of nitrogens with zero attached hydrogens (tertiary/aromatic N) is 1. The fourth-order valence-corrected chi connectivity index (χ4v) is 1.64. The van der Waals surface area contributed by atoms with E-state index in [2.05, 4.69) is 4.74 Å². The molecule has 0 heterocycles. The molecular weight excluding hydrogens is 302 g/mol. The van der Waals surface area contributed by atoms with Gasteiger partial charge in [-0.15, -0.1) is 0 Å². The largest absolute Gasteiger partial charge is 0.493 e. The molecule has 0 aliphatic rings. The van der Waals surface area contributed by atoms with Gasteiger partial charge in [-0.1, -0.05) is 6.07 Å². The lowest BCUT2D eigenvalue weighted by Gasteiger charge is -2.09. The number of esters is 2. The van der Waals surface area contributed by atoms with Crippen LogP contribution in [0.4, 0.5) is 0 Å². The zero-order chi connectivity index (χ0) is 17.2. The zero-order valence-electron chi connectivity index (χ0n) is 13.1. The highest BCUT2D eigenvalue weighted by Gasteiger charge is 2.13. The highest BCUT2D eigenvalue weighted by Crippen LogP contribution is 2.29. The lowest BCUT2D eigenvalue weighted by Crippen LogP contribution is -2.14. The van der Waals surface area contributed by atoms with Crippen molar-refractivity contribution in [3.05, 3.63) is 29.3 Å². The Bertz CT molecular complexity index is 644. The standard InChI is InChI=1S/C16H17NO6/c1-4-22-16(19)12(9-17)7-11-5-6-13(14(8-11)21-3)23-15(18)10-20-2/h5-8H,4,10H2,1-3H3/b12-7+. The molecule has 0 unspecified atom stereocenters. The van der Waals surface area contributed by atoms with Crippen LogP contribution in [0.25, 0.3) is 6.08 Å². The summed E-state index contributed by atoms with van der Waals surface area (Å²) < 4.78 is 19.7. The molecule has 1 rings (SSSR count). The summed E-state index contributed by atoms with van der Waals surface area (Å²) in [7, 11) is 2.79. The first kappa shape index (κ1) is 18.2. The van der Waals surface area contributed by atoms with Crippen LogP contribution in [0.15, 0.2) is 23.8 Å². The summed E-state index contributed by atoms with van der Waals surface area (Å²) in [6.07, 6.45) is 1.36. The Kier molecular flexibility index (Phi) is 7.30. The van der Waals surface area contributed by atoms with E-state index in [1.165, 1.54) is 32.4 Å². The molecule has 0 aromatic heterocycles. The maximum Gasteiger partial charge on any atom is 0.348 e. The van der Waals surface area contributed by atoms with Gasteiger partial charge in [0.2, 0.25) is 0 Å². The van der Waals surface area contributed by atoms with Gasteiger partial charge in [0.25, 0.3) is 0 Å². The third-order valence-electron chi connectivity index (χ3n) is 2.60. The van der Waals surface area contributed by atoms with Crippen LogP contribution in [0.5, 0.6) is 11.5 Å². The van der Waals surface area contributed by atoms with Gasteiger partial charge in [0.05, 0.1) is 13.7 Å². The lowest BCUT2D eigenvalue weighted by atomic mass is 10.1. The van der Waals surface area contributed by atoms with Crippen LogP contribution in [0.1, 0.15) is 12.5 Å². The number of nitriles is 1. The first-order chi connectivity index (χ1) is 11.0. The molecule has 0 saturated heterocycles. The number of carbonyl (C=O) groups excluding carboxylic acids is 2. The smallest absolute Gasteiger partial charge is 0.348 e. The second-order valence-corrected chi connectivity index (χ2v) is 4.21. The Hall–Kier alpha value is -2.85. The number of carbonyl (C=O) groups is 2. The average molecular weight is 319 g/mol. The monoisotopic (exact) mass is 319 g/mol. The molecule has 0 fully saturated rings. The van der Waals surface area contributed by atoms with Crippen LogP contribution in [-0.4, -0.2) is 39.4 Å². The van der Waals surface area contributed by atoms with E-state index in [1.807, 2.05) is 0 Å². The highest BCUT2D eigenvalue weighted by atomic mass is 16.6. The van der Waals surface area contributed by atoms with Crippen molar-refractivity contribution < 1.29 is 28.5 Å². The molecule has 0 spiro atoms. The zero-order valence-corrected chi connectivity index (χ0v) is 13.1. The van der Waals surface area contributed by atoms with E-state index in [0.717, 1.165) is 0 Å². The molecule has 122 valence electrons. The molecular formula is C16H17NO6. The minimum Gasteiger partial charge on any atom is -0.493 e. The van der Waals surface area contributed by atoms with Crippen molar-refractivity contribution in [2.75, 3.05) is 27.4 Å². The number of methoxy groups -OCH3 is 2. The number of benzene rings is 1. The van der Waals surface area contributed by atoms with Crippen molar-refractivity contribution in [3.63, 3.8) is 0 Å². The second kappa shape index (κ2) is 9.23. The van der Waals surface area contributed by atoms with Crippen LogP contribution in [0.2, 0.25) is 0 Å². The van der Waals surface area contributed by atoms with Crippen LogP contribution >= 0.6 is 0 Å². The van der Waals surface area contributed by atoms with Crippen molar-refractivity contribution in [2.45, 2.75) is 6.92 Å². The predicted octanol–water partition coefficient (Wildman–Crippen LogP) is 1.72. The number of hydrogen-bond acceptors (Lipinski definition) is 7. The molecule has 1 aromatic rings. The topological polar surface area (TPSA) is 94.9 Å². The first-order valence-electron chi connectivity index (χ1n) is 6.72. The van der Waals surface area contributed by atoms with Crippen LogP contribution < -0.4 is 9.47 Å². The van der Waals surface area contributed by atoms with E-state index in [4.69, 9.17) is 19.5 Å². The second-order valence-electron chi connectivity index (χ2n) is 4.21. The van der Waals surface area contributed by atoms with Gasteiger partial charge in [0, 0.05) is 7.11 Å². The summed E-state index contributed by atoms with van der Waals surface area (Å²) in [5.74, 6) is -0.784. The van der Waals surface area contributed by atoms with E-state index >= 15 is 0 Å². The van der Waals surface area contributed by atoms with E-state index in [1.54, 1.807) is 19.1 Å². The Labute approximate surface area is 134 Å². The summed E-state index contributed by atoms with van der Waals surface area (Å²) in [5.41, 5.74) is 0.385. The van der Waals surface area contributed by atoms with Crippen LogP contribution in [0, 0.1) is 11.3 Å². The minimum atomic E-state index is -0.704. The molecule has 1 aromatic carbocycles. The van der Waals surface area contributed by atoms with Gasteiger partial charge in [-0.05, 0) is 30.7 Å². The van der Waals surface area contributed by atoms with Crippen molar-refractivity contribution in [3.8, 4) is 17.6 Å². The normalized spacial score (nSPS) is 10.6. The Morgan fingerprint density at radius 2 is 2.00 bits per heavy atom. The van der Waals surface area contributed by atoms with Gasteiger partial charge in [-0.25, -0.2) is 9.59 Å². The van der Waals surface area contributed by atoms with Crippen molar-refractivity contribution in [1.29, 1.82) is 5.26 Å². The fourth-order valence-electron chi connectivity index (χ4n) is 1.64.